The van der Waals surface area contributed by atoms with Crippen LogP contribution in [0.25, 0.3) is 6.08 Å². The third kappa shape index (κ3) is 4.88. The topological polar surface area (TPSA) is 59.9 Å². The molecule has 2 aromatic rings. The Kier molecular flexibility index (Phi) is 6.75. The maximum absolute atomic E-state index is 12.4. The van der Waals surface area contributed by atoms with Crippen molar-refractivity contribution >= 4 is 57.8 Å². The normalized spacial score (nSPS) is 16.0. The van der Waals surface area contributed by atoms with Crippen LogP contribution in [0.4, 0.5) is 5.69 Å². The van der Waals surface area contributed by atoms with E-state index in [1.54, 1.807) is 24.3 Å². The van der Waals surface area contributed by atoms with Gasteiger partial charge in [-0.3, -0.25) is 4.79 Å². The van der Waals surface area contributed by atoms with E-state index in [4.69, 9.17) is 39.1 Å². The van der Waals surface area contributed by atoms with Gasteiger partial charge in [-0.2, -0.15) is 0 Å². The van der Waals surface area contributed by atoms with Crippen LogP contribution in [-0.2, 0) is 4.79 Å². The number of amidine groups is 1. The van der Waals surface area contributed by atoms with Gasteiger partial charge in [0.25, 0.3) is 5.91 Å². The Bertz CT molecular complexity index is 1070. The third-order valence-corrected chi connectivity index (χ3v) is 5.56. The highest BCUT2D eigenvalue weighted by atomic mass is 35.5. The smallest absolute Gasteiger partial charge is 0.264 e. The summed E-state index contributed by atoms with van der Waals surface area (Å²) in [6.45, 7) is 1.94. The number of rotatable bonds is 5. The number of hydrogen-bond acceptors (Lipinski definition) is 5. The number of halogens is 2. The molecule has 1 N–H and O–H groups in total. The molecular weight excluding hydrogens is 431 g/mol. The van der Waals surface area contributed by atoms with Crippen LogP contribution in [0.15, 0.2) is 40.2 Å². The molecule has 0 radical (unpaired) electrons. The minimum absolute atomic E-state index is 0.0670. The van der Waals surface area contributed by atoms with Gasteiger partial charge < -0.3 is 14.8 Å². The second kappa shape index (κ2) is 9.27. The molecule has 1 amide bonds. The highest BCUT2D eigenvalue weighted by molar-refractivity contribution is 8.18. The largest absolute Gasteiger partial charge is 0.493 e. The van der Waals surface area contributed by atoms with Crippen molar-refractivity contribution in [2.75, 3.05) is 13.7 Å². The fourth-order valence-electron chi connectivity index (χ4n) is 2.54. The summed E-state index contributed by atoms with van der Waals surface area (Å²) < 4.78 is 10.8. The van der Waals surface area contributed by atoms with Crippen molar-refractivity contribution in [3.8, 4) is 23.8 Å². The predicted molar refractivity (Wildman–Crippen MR) is 119 cm³/mol. The van der Waals surface area contributed by atoms with Crippen molar-refractivity contribution in [1.82, 2.24) is 5.32 Å². The molecule has 0 spiro atoms. The monoisotopic (exact) mass is 446 g/mol. The van der Waals surface area contributed by atoms with E-state index in [2.05, 4.69) is 16.2 Å². The molecule has 0 bridgehead atoms. The molecule has 8 heteroatoms. The molecule has 0 atom stereocenters. The van der Waals surface area contributed by atoms with Crippen molar-refractivity contribution in [1.29, 1.82) is 0 Å². The molecular formula is C21H16Cl2N2O3S. The lowest BCUT2D eigenvalue weighted by Gasteiger charge is -2.11. The van der Waals surface area contributed by atoms with Gasteiger partial charge in [-0.1, -0.05) is 35.2 Å². The fraction of sp³-hybridized carbons (Fsp3) is 0.143. The van der Waals surface area contributed by atoms with E-state index in [-0.39, 0.29) is 12.5 Å². The Labute approximate surface area is 183 Å². The van der Waals surface area contributed by atoms with Crippen LogP contribution >= 0.6 is 35.0 Å². The Balaban J connectivity index is 1.89. The van der Waals surface area contributed by atoms with E-state index in [0.29, 0.717) is 42.9 Å². The van der Waals surface area contributed by atoms with Crippen LogP contribution < -0.4 is 14.8 Å². The maximum atomic E-state index is 12.4. The van der Waals surface area contributed by atoms with Gasteiger partial charge in [0.05, 0.1) is 22.7 Å². The van der Waals surface area contributed by atoms with Crippen molar-refractivity contribution in [2.24, 2.45) is 4.99 Å². The highest BCUT2D eigenvalue weighted by Gasteiger charge is 2.24. The lowest BCUT2D eigenvalue weighted by atomic mass is 10.2. The van der Waals surface area contributed by atoms with Crippen molar-refractivity contribution in [3.05, 3.63) is 56.4 Å². The first-order valence-electron chi connectivity index (χ1n) is 8.41. The highest BCUT2D eigenvalue weighted by Crippen LogP contribution is 2.38. The second-order valence-corrected chi connectivity index (χ2v) is 7.74. The van der Waals surface area contributed by atoms with E-state index >= 15 is 0 Å². The van der Waals surface area contributed by atoms with Crippen molar-refractivity contribution in [2.45, 2.75) is 6.92 Å². The molecule has 0 saturated carbocycles. The average molecular weight is 447 g/mol. The Morgan fingerprint density at radius 3 is 2.83 bits per heavy atom. The lowest BCUT2D eigenvalue weighted by Crippen LogP contribution is -2.19. The summed E-state index contributed by atoms with van der Waals surface area (Å²) in [5.41, 5.74) is 2.21. The number of thioether (sulfide) groups is 1. The second-order valence-electron chi connectivity index (χ2n) is 5.89. The first kappa shape index (κ1) is 21.1. The van der Waals surface area contributed by atoms with Gasteiger partial charge in [0.15, 0.2) is 16.7 Å². The number of ether oxygens (including phenoxy) is 2. The van der Waals surface area contributed by atoms with Crippen LogP contribution in [0.2, 0.25) is 10.0 Å². The van der Waals surface area contributed by atoms with Gasteiger partial charge in [0.2, 0.25) is 0 Å². The minimum Gasteiger partial charge on any atom is -0.493 e. The lowest BCUT2D eigenvalue weighted by molar-refractivity contribution is -0.115. The summed E-state index contributed by atoms with van der Waals surface area (Å²) in [5.74, 6) is 2.91. The molecule has 1 fully saturated rings. The molecule has 1 aliphatic heterocycles. The van der Waals surface area contributed by atoms with Gasteiger partial charge in [-0.15, -0.1) is 6.42 Å². The number of nitrogens with zero attached hydrogens (tertiary/aromatic N) is 1. The predicted octanol–water partition coefficient (Wildman–Crippen LogP) is 5.21. The summed E-state index contributed by atoms with van der Waals surface area (Å²) in [6.07, 6.45) is 6.92. The molecule has 0 unspecified atom stereocenters. The zero-order valence-electron chi connectivity index (χ0n) is 15.6. The quantitative estimate of drug-likeness (QED) is 0.505. The first-order chi connectivity index (χ1) is 13.9. The molecule has 1 aliphatic rings. The molecule has 0 aliphatic carbocycles. The summed E-state index contributed by atoms with van der Waals surface area (Å²) >= 11 is 13.7. The maximum Gasteiger partial charge on any atom is 0.264 e. The molecule has 1 saturated heterocycles. The Morgan fingerprint density at radius 1 is 1.31 bits per heavy atom. The first-order valence-corrected chi connectivity index (χ1v) is 9.98. The molecule has 148 valence electrons. The van der Waals surface area contributed by atoms with Gasteiger partial charge in [0.1, 0.15) is 6.61 Å². The van der Waals surface area contributed by atoms with E-state index in [9.17, 15) is 4.79 Å². The molecule has 1 heterocycles. The Morgan fingerprint density at radius 2 is 2.10 bits per heavy atom. The average Bonchev–Trinajstić information content (AvgIpc) is 3.03. The van der Waals surface area contributed by atoms with Gasteiger partial charge in [-0.05, 0) is 60.2 Å². The van der Waals surface area contributed by atoms with E-state index in [1.165, 1.54) is 18.9 Å². The number of hydrogen-bond donors (Lipinski definition) is 1. The van der Waals surface area contributed by atoms with Crippen LogP contribution in [0.5, 0.6) is 11.5 Å². The van der Waals surface area contributed by atoms with E-state index in [1.807, 2.05) is 19.1 Å². The van der Waals surface area contributed by atoms with Gasteiger partial charge in [0, 0.05) is 5.02 Å². The Hall–Kier alpha value is -2.59. The van der Waals surface area contributed by atoms with Crippen LogP contribution in [0.3, 0.4) is 0 Å². The van der Waals surface area contributed by atoms with Crippen LogP contribution in [-0.4, -0.2) is 24.8 Å². The number of benzene rings is 2. The van der Waals surface area contributed by atoms with E-state index < -0.39 is 0 Å². The van der Waals surface area contributed by atoms with E-state index in [0.717, 1.165) is 5.56 Å². The standard InChI is InChI=1S/C21H16Cl2N2O3S/c1-4-8-28-19-15(23)9-13(10-17(19)27-3)11-18-20(26)25-21(29-18)24-16-7-5-6-14(22)12(16)2/h1,5-7,9-11H,8H2,2-3H3,(H,24,25,26)/b18-11+. The minimum atomic E-state index is -0.254. The number of nitrogens with one attached hydrogen (secondary N) is 1. The number of methoxy groups -OCH3 is 1. The SMILES string of the molecule is C#CCOc1c(Cl)cc(/C=C2/SC(=Nc3cccc(Cl)c3C)NC2=O)cc1OC. The summed E-state index contributed by atoms with van der Waals surface area (Å²) in [5, 5.41) is 4.17. The third-order valence-electron chi connectivity index (χ3n) is 3.96. The van der Waals surface area contributed by atoms with Crippen molar-refractivity contribution < 1.29 is 14.3 Å². The molecule has 3 rings (SSSR count). The molecule has 5 nitrogen and oxygen atoms in total. The number of carbonyl (C=O) groups is 1. The number of amides is 1. The summed E-state index contributed by atoms with van der Waals surface area (Å²) in [7, 11) is 1.50. The van der Waals surface area contributed by atoms with Crippen molar-refractivity contribution in [3.63, 3.8) is 0 Å². The zero-order valence-corrected chi connectivity index (χ0v) is 17.9. The molecule has 2 aromatic carbocycles. The molecule has 0 aromatic heterocycles. The number of terminal acetylenes is 1. The van der Waals surface area contributed by atoms with Crippen LogP contribution in [0.1, 0.15) is 11.1 Å². The zero-order chi connectivity index (χ0) is 21.0. The number of carbonyl (C=O) groups excluding carboxylic acids is 1. The van der Waals surface area contributed by atoms with Gasteiger partial charge >= 0.3 is 0 Å². The number of aliphatic imine (C=N–C) groups is 1. The fourth-order valence-corrected chi connectivity index (χ4v) is 3.81. The summed E-state index contributed by atoms with van der Waals surface area (Å²) in [6, 6.07) is 8.83. The van der Waals surface area contributed by atoms with Crippen LogP contribution in [0, 0.1) is 19.3 Å². The summed E-state index contributed by atoms with van der Waals surface area (Å²) in [4.78, 5) is 17.3. The molecule has 29 heavy (non-hydrogen) atoms. The van der Waals surface area contributed by atoms with Gasteiger partial charge in [-0.25, -0.2) is 4.99 Å².